The fourth-order valence-electron chi connectivity index (χ4n) is 2.48. The van der Waals surface area contributed by atoms with Gasteiger partial charge in [0.05, 0.1) is 19.1 Å². The second-order valence-electron chi connectivity index (χ2n) is 5.07. The van der Waals surface area contributed by atoms with Crippen LogP contribution in [0, 0.1) is 0 Å². The van der Waals surface area contributed by atoms with E-state index >= 15 is 0 Å². The Morgan fingerprint density at radius 1 is 1.04 bits per heavy atom. The molecule has 4 rings (SSSR count). The molecule has 0 unspecified atom stereocenters. The number of aromatic nitrogens is 2. The van der Waals surface area contributed by atoms with Crippen molar-refractivity contribution in [2.75, 3.05) is 13.9 Å². The number of para-hydroxylation sites is 1. The van der Waals surface area contributed by atoms with Gasteiger partial charge in [0.25, 0.3) is 5.89 Å². The van der Waals surface area contributed by atoms with Crippen LogP contribution in [0.1, 0.15) is 11.5 Å². The first-order valence-corrected chi connectivity index (χ1v) is 7.18. The van der Waals surface area contributed by atoms with Crippen LogP contribution in [-0.2, 0) is 6.42 Å². The van der Waals surface area contributed by atoms with Crippen LogP contribution in [0.25, 0.3) is 11.5 Å². The van der Waals surface area contributed by atoms with Crippen molar-refractivity contribution in [3.63, 3.8) is 0 Å². The topological polar surface area (TPSA) is 66.6 Å². The molecule has 2 heterocycles. The average molecular weight is 310 g/mol. The zero-order valence-electron chi connectivity index (χ0n) is 12.5. The maximum Gasteiger partial charge on any atom is 0.251 e. The van der Waals surface area contributed by atoms with Gasteiger partial charge in [0.1, 0.15) is 5.75 Å². The van der Waals surface area contributed by atoms with Gasteiger partial charge in [-0.05, 0) is 29.8 Å². The minimum Gasteiger partial charge on any atom is -0.496 e. The van der Waals surface area contributed by atoms with Crippen LogP contribution in [0.2, 0.25) is 0 Å². The van der Waals surface area contributed by atoms with Gasteiger partial charge in [0.2, 0.25) is 12.7 Å². The van der Waals surface area contributed by atoms with E-state index in [-0.39, 0.29) is 6.79 Å². The Morgan fingerprint density at radius 2 is 1.91 bits per heavy atom. The molecule has 1 aromatic heterocycles. The molecule has 0 aliphatic carbocycles. The van der Waals surface area contributed by atoms with Gasteiger partial charge < -0.3 is 18.6 Å². The van der Waals surface area contributed by atoms with Gasteiger partial charge in [0, 0.05) is 0 Å². The Balaban J connectivity index is 1.59. The van der Waals surface area contributed by atoms with E-state index < -0.39 is 0 Å². The summed E-state index contributed by atoms with van der Waals surface area (Å²) in [6.45, 7) is 0.261. The second-order valence-corrected chi connectivity index (χ2v) is 5.07. The Kier molecular flexibility index (Phi) is 3.34. The molecule has 0 fully saturated rings. The third-order valence-corrected chi connectivity index (χ3v) is 3.60. The third-order valence-electron chi connectivity index (χ3n) is 3.60. The Bertz CT molecular complexity index is 844. The predicted octanol–water partition coefficient (Wildman–Crippen LogP) is 3.06. The predicted molar refractivity (Wildman–Crippen MR) is 81.7 cm³/mol. The lowest BCUT2D eigenvalue weighted by atomic mass is 10.1. The van der Waals surface area contributed by atoms with Crippen LogP contribution in [0.4, 0.5) is 0 Å². The number of nitrogens with zero attached hydrogens (tertiary/aromatic N) is 2. The van der Waals surface area contributed by atoms with E-state index in [9.17, 15) is 0 Å². The van der Waals surface area contributed by atoms with Crippen molar-refractivity contribution >= 4 is 0 Å². The van der Waals surface area contributed by atoms with Gasteiger partial charge in [0.15, 0.2) is 11.5 Å². The third kappa shape index (κ3) is 2.59. The zero-order chi connectivity index (χ0) is 15.6. The largest absolute Gasteiger partial charge is 0.496 e. The summed E-state index contributed by atoms with van der Waals surface area (Å²) in [5.41, 5.74) is 1.80. The molecule has 0 amide bonds. The summed E-state index contributed by atoms with van der Waals surface area (Å²) in [6.07, 6.45) is 0.527. The molecule has 0 saturated carbocycles. The van der Waals surface area contributed by atoms with Crippen LogP contribution < -0.4 is 14.2 Å². The molecule has 6 heteroatoms. The standard InChI is InChI=1S/C17H14N2O4/c1-20-13-5-3-2-4-12(13)17-19-18-16(23-17)9-11-6-7-14-15(8-11)22-10-21-14/h2-8H,9-10H2,1H3. The lowest BCUT2D eigenvalue weighted by molar-refractivity contribution is 0.174. The number of rotatable bonds is 4. The normalized spacial score (nSPS) is 12.4. The zero-order valence-corrected chi connectivity index (χ0v) is 12.5. The molecule has 0 bridgehead atoms. The van der Waals surface area contributed by atoms with Crippen molar-refractivity contribution in [3.05, 3.63) is 53.9 Å². The first-order chi connectivity index (χ1) is 11.3. The van der Waals surface area contributed by atoms with Crippen molar-refractivity contribution in [3.8, 4) is 28.7 Å². The lowest BCUT2D eigenvalue weighted by Crippen LogP contribution is -1.93. The van der Waals surface area contributed by atoms with Gasteiger partial charge in [-0.15, -0.1) is 10.2 Å². The Morgan fingerprint density at radius 3 is 2.83 bits per heavy atom. The first kappa shape index (κ1) is 13.6. The van der Waals surface area contributed by atoms with E-state index in [0.717, 1.165) is 22.6 Å². The van der Waals surface area contributed by atoms with E-state index in [1.54, 1.807) is 7.11 Å². The maximum atomic E-state index is 5.76. The minimum atomic E-state index is 0.261. The molecule has 0 radical (unpaired) electrons. The van der Waals surface area contributed by atoms with Gasteiger partial charge in [-0.1, -0.05) is 18.2 Å². The lowest BCUT2D eigenvalue weighted by Gasteiger charge is -2.03. The number of hydrogen-bond acceptors (Lipinski definition) is 6. The fraction of sp³-hybridized carbons (Fsp3) is 0.176. The fourth-order valence-corrected chi connectivity index (χ4v) is 2.48. The second kappa shape index (κ2) is 5.64. The molecular weight excluding hydrogens is 296 g/mol. The monoisotopic (exact) mass is 310 g/mol. The van der Waals surface area contributed by atoms with Crippen LogP contribution in [0.3, 0.4) is 0 Å². The van der Waals surface area contributed by atoms with Gasteiger partial charge in [-0.2, -0.15) is 0 Å². The van der Waals surface area contributed by atoms with Gasteiger partial charge in [-0.3, -0.25) is 0 Å². The smallest absolute Gasteiger partial charge is 0.251 e. The van der Waals surface area contributed by atoms with Crippen molar-refractivity contribution in [1.82, 2.24) is 10.2 Å². The van der Waals surface area contributed by atoms with Crippen LogP contribution in [0.15, 0.2) is 46.9 Å². The summed E-state index contributed by atoms with van der Waals surface area (Å²) in [5, 5.41) is 8.22. The molecule has 1 aliphatic heterocycles. The molecule has 3 aromatic rings. The van der Waals surface area contributed by atoms with Crippen molar-refractivity contribution in [2.45, 2.75) is 6.42 Å². The number of fused-ring (bicyclic) bond motifs is 1. The van der Waals surface area contributed by atoms with Crippen molar-refractivity contribution in [2.24, 2.45) is 0 Å². The number of ether oxygens (including phenoxy) is 3. The van der Waals surface area contributed by atoms with Crippen LogP contribution in [0.5, 0.6) is 17.2 Å². The number of benzene rings is 2. The highest BCUT2D eigenvalue weighted by molar-refractivity contribution is 5.62. The Hall–Kier alpha value is -3.02. The highest BCUT2D eigenvalue weighted by Crippen LogP contribution is 2.33. The Labute approximate surface area is 132 Å². The molecule has 0 N–H and O–H groups in total. The molecule has 6 nitrogen and oxygen atoms in total. The van der Waals surface area contributed by atoms with E-state index in [0.29, 0.717) is 24.0 Å². The SMILES string of the molecule is COc1ccccc1-c1nnc(Cc2ccc3c(c2)OCO3)o1. The van der Waals surface area contributed by atoms with E-state index in [4.69, 9.17) is 18.6 Å². The summed E-state index contributed by atoms with van der Waals surface area (Å²) in [7, 11) is 1.61. The highest BCUT2D eigenvalue weighted by Gasteiger charge is 2.16. The molecule has 116 valence electrons. The maximum absolute atomic E-state index is 5.76. The average Bonchev–Trinajstić information content (AvgIpc) is 3.23. The molecule has 2 aromatic carbocycles. The minimum absolute atomic E-state index is 0.261. The first-order valence-electron chi connectivity index (χ1n) is 7.18. The van der Waals surface area contributed by atoms with Gasteiger partial charge >= 0.3 is 0 Å². The summed E-state index contributed by atoms with van der Waals surface area (Å²) in [5.74, 6) is 3.18. The molecular formula is C17H14N2O4. The molecule has 0 spiro atoms. The highest BCUT2D eigenvalue weighted by atomic mass is 16.7. The molecule has 1 aliphatic rings. The number of methoxy groups -OCH3 is 1. The van der Waals surface area contributed by atoms with Crippen molar-refractivity contribution < 1.29 is 18.6 Å². The number of hydrogen-bond donors (Lipinski definition) is 0. The van der Waals surface area contributed by atoms with E-state index in [1.165, 1.54) is 0 Å². The van der Waals surface area contributed by atoms with Crippen LogP contribution in [-0.4, -0.2) is 24.1 Å². The molecule has 23 heavy (non-hydrogen) atoms. The van der Waals surface area contributed by atoms with Crippen molar-refractivity contribution in [1.29, 1.82) is 0 Å². The molecule has 0 atom stereocenters. The van der Waals surface area contributed by atoms with Gasteiger partial charge in [-0.25, -0.2) is 0 Å². The van der Waals surface area contributed by atoms with E-state index in [1.807, 2.05) is 42.5 Å². The summed E-state index contributed by atoms with van der Waals surface area (Å²) >= 11 is 0. The van der Waals surface area contributed by atoms with Crippen LogP contribution >= 0.6 is 0 Å². The summed E-state index contributed by atoms with van der Waals surface area (Å²) < 4.78 is 21.8. The summed E-state index contributed by atoms with van der Waals surface area (Å²) in [6, 6.07) is 13.3. The quantitative estimate of drug-likeness (QED) is 0.738. The molecule has 0 saturated heterocycles. The van der Waals surface area contributed by atoms with E-state index in [2.05, 4.69) is 10.2 Å². The summed E-state index contributed by atoms with van der Waals surface area (Å²) in [4.78, 5) is 0.